The molecule has 190 valence electrons. The van der Waals surface area contributed by atoms with Crippen molar-refractivity contribution in [3.8, 4) is 0 Å². The molecule has 0 radical (unpaired) electrons. The molecule has 10 heteroatoms. The first-order valence-electron chi connectivity index (χ1n) is 11.4. The molecule has 0 saturated heterocycles. The van der Waals surface area contributed by atoms with Gasteiger partial charge in [0.2, 0.25) is 0 Å². The maximum Gasteiger partial charge on any atom is 0.324 e. The molecule has 0 spiro atoms. The van der Waals surface area contributed by atoms with Crippen LogP contribution in [0.2, 0.25) is 0 Å². The zero-order valence-electron chi connectivity index (χ0n) is 20.1. The molecule has 0 bridgehead atoms. The van der Waals surface area contributed by atoms with Crippen LogP contribution in [-0.4, -0.2) is 42.2 Å². The molecule has 4 rings (SSSR count). The number of nitrogens with one attached hydrogen (secondary N) is 1. The molecule has 0 aliphatic heterocycles. The van der Waals surface area contributed by atoms with Crippen LogP contribution in [0.4, 0.5) is 5.69 Å². The number of aromatic nitrogens is 1. The van der Waals surface area contributed by atoms with Crippen LogP contribution < -0.4 is 10.0 Å². The van der Waals surface area contributed by atoms with Gasteiger partial charge in [0.15, 0.2) is 5.78 Å². The third-order valence-electron chi connectivity index (χ3n) is 6.08. The summed E-state index contributed by atoms with van der Waals surface area (Å²) in [6.45, 7) is -0.769. The Labute approximate surface area is 214 Å². The van der Waals surface area contributed by atoms with Crippen molar-refractivity contribution < 1.29 is 23.1 Å². The van der Waals surface area contributed by atoms with Gasteiger partial charge in [-0.2, -0.15) is 0 Å². The smallest absolute Gasteiger partial charge is 0.324 e. The Hall–Kier alpha value is -4.44. The van der Waals surface area contributed by atoms with Crippen LogP contribution >= 0.6 is 0 Å². The maximum atomic E-state index is 13.3. The highest BCUT2D eigenvalue weighted by molar-refractivity contribution is 7.92. The van der Waals surface area contributed by atoms with E-state index in [2.05, 4.69) is 0 Å². The van der Waals surface area contributed by atoms with Gasteiger partial charge in [-0.15, -0.1) is 0 Å². The van der Waals surface area contributed by atoms with Gasteiger partial charge < -0.3 is 15.4 Å². The number of hydrogen-bond acceptors (Lipinski definition) is 5. The summed E-state index contributed by atoms with van der Waals surface area (Å²) in [7, 11) is -2.38. The summed E-state index contributed by atoms with van der Waals surface area (Å²) >= 11 is 0. The molecule has 4 N–H and O–H groups in total. The Kier molecular flexibility index (Phi) is 7.12. The monoisotopic (exact) mass is 518 g/mol. The van der Waals surface area contributed by atoms with Gasteiger partial charge in [0, 0.05) is 41.7 Å². The molecular formula is C27H26N4O5S. The van der Waals surface area contributed by atoms with Crippen molar-refractivity contribution in [1.29, 1.82) is 5.41 Å². The number of nitrogen functional groups attached to an aromatic ring is 1. The molecule has 0 amide bonds. The fourth-order valence-corrected chi connectivity index (χ4v) is 5.59. The Bertz CT molecular complexity index is 1590. The van der Waals surface area contributed by atoms with E-state index < -0.39 is 22.5 Å². The van der Waals surface area contributed by atoms with Crippen molar-refractivity contribution in [2.45, 2.75) is 17.7 Å². The third kappa shape index (κ3) is 5.39. The molecule has 37 heavy (non-hydrogen) atoms. The lowest BCUT2D eigenvalue weighted by atomic mass is 10.0. The van der Waals surface area contributed by atoms with E-state index in [0.717, 1.165) is 9.87 Å². The number of fused-ring (bicyclic) bond motifs is 1. The highest BCUT2D eigenvalue weighted by Gasteiger charge is 2.28. The average Bonchev–Trinajstić information content (AvgIpc) is 3.22. The van der Waals surface area contributed by atoms with Crippen molar-refractivity contribution in [2.24, 2.45) is 12.8 Å². The van der Waals surface area contributed by atoms with Crippen LogP contribution in [0, 0.1) is 5.41 Å². The minimum atomic E-state index is -4.16. The van der Waals surface area contributed by atoms with Crippen LogP contribution in [0.3, 0.4) is 0 Å². The minimum Gasteiger partial charge on any atom is -0.480 e. The van der Waals surface area contributed by atoms with E-state index in [1.54, 1.807) is 60.3 Å². The first-order chi connectivity index (χ1) is 17.6. The summed E-state index contributed by atoms with van der Waals surface area (Å²) in [6.07, 6.45) is 2.38. The second-order valence-electron chi connectivity index (χ2n) is 8.61. The van der Waals surface area contributed by atoms with Crippen molar-refractivity contribution in [2.75, 3.05) is 10.8 Å². The van der Waals surface area contributed by atoms with Crippen LogP contribution in [0.1, 0.15) is 27.9 Å². The van der Waals surface area contributed by atoms with Gasteiger partial charge in [-0.05, 0) is 42.3 Å². The zero-order chi connectivity index (χ0) is 26.7. The number of carboxylic acids is 1. The number of Topliss-reactive ketones (excluding diaryl/α,β-unsaturated/α-hetero) is 1. The number of aliphatic carboxylic acids is 1. The number of nitrogens with two attached hydrogens (primary N) is 1. The van der Waals surface area contributed by atoms with E-state index in [-0.39, 0.29) is 28.6 Å². The summed E-state index contributed by atoms with van der Waals surface area (Å²) in [5.41, 5.74) is 8.30. The van der Waals surface area contributed by atoms with Crippen molar-refractivity contribution in [3.63, 3.8) is 0 Å². The Morgan fingerprint density at radius 3 is 2.32 bits per heavy atom. The Morgan fingerprint density at radius 2 is 1.70 bits per heavy atom. The predicted molar refractivity (Wildman–Crippen MR) is 142 cm³/mol. The van der Waals surface area contributed by atoms with E-state index in [1.807, 2.05) is 12.1 Å². The third-order valence-corrected chi connectivity index (χ3v) is 7.87. The first-order valence-corrected chi connectivity index (χ1v) is 12.9. The molecule has 0 aliphatic rings. The van der Waals surface area contributed by atoms with Crippen LogP contribution in [0.15, 0.2) is 83.9 Å². The van der Waals surface area contributed by atoms with Gasteiger partial charge >= 0.3 is 5.97 Å². The normalized spacial score (nSPS) is 11.4. The van der Waals surface area contributed by atoms with E-state index in [0.29, 0.717) is 28.5 Å². The number of aryl methyl sites for hydroxylation is 2. The second-order valence-corrected chi connectivity index (χ2v) is 10.5. The summed E-state index contributed by atoms with van der Waals surface area (Å²) in [6, 6.07) is 19.5. The summed E-state index contributed by atoms with van der Waals surface area (Å²) < 4.78 is 29.3. The lowest BCUT2D eigenvalue weighted by molar-refractivity contribution is -0.135. The lowest BCUT2D eigenvalue weighted by Crippen LogP contribution is -2.35. The quantitative estimate of drug-likeness (QED) is 0.166. The predicted octanol–water partition coefficient (Wildman–Crippen LogP) is 3.56. The van der Waals surface area contributed by atoms with Crippen LogP contribution in [0.5, 0.6) is 0 Å². The number of carbonyl (C=O) groups is 2. The van der Waals surface area contributed by atoms with Crippen LogP contribution in [-0.2, 0) is 28.3 Å². The number of amidine groups is 1. The van der Waals surface area contributed by atoms with Crippen molar-refractivity contribution in [3.05, 3.63) is 95.7 Å². The van der Waals surface area contributed by atoms with Gasteiger partial charge in [-0.25, -0.2) is 8.42 Å². The summed E-state index contributed by atoms with van der Waals surface area (Å²) in [5, 5.41) is 17.5. The Morgan fingerprint density at radius 1 is 1.03 bits per heavy atom. The van der Waals surface area contributed by atoms with Gasteiger partial charge in [0.25, 0.3) is 10.0 Å². The summed E-state index contributed by atoms with van der Waals surface area (Å²) in [5.74, 6) is -1.46. The fraction of sp³-hybridized carbons (Fsp3) is 0.148. The fourth-order valence-electron chi connectivity index (χ4n) is 4.16. The molecule has 0 aliphatic carbocycles. The largest absolute Gasteiger partial charge is 0.480 e. The number of anilines is 1. The molecule has 0 fully saturated rings. The SMILES string of the molecule is Cn1cc(C(=O)CCc2ccc(C(=N)N)cc2)c2cc(N(CC(=O)O)S(=O)(=O)c3ccccc3)ccc21. The molecule has 4 aromatic rings. The Balaban J connectivity index is 1.67. The standard InChI is InChI=1S/C27H26N4O5S/c1-30-16-23(25(32)14-9-18-7-10-19(11-8-18)27(28)29)22-15-20(12-13-24(22)30)31(17-26(33)34)37(35,36)21-5-3-2-4-6-21/h2-8,10-13,15-16H,9,14,17H2,1H3,(H3,28,29)(H,33,34). The summed E-state index contributed by atoms with van der Waals surface area (Å²) in [4.78, 5) is 24.8. The molecular weight excluding hydrogens is 492 g/mol. The number of benzene rings is 3. The number of hydrogen-bond donors (Lipinski definition) is 3. The van der Waals surface area contributed by atoms with Crippen LogP contribution in [0.25, 0.3) is 10.9 Å². The molecule has 9 nitrogen and oxygen atoms in total. The van der Waals surface area contributed by atoms with Gasteiger partial charge in [-0.1, -0.05) is 42.5 Å². The van der Waals surface area contributed by atoms with E-state index in [1.165, 1.54) is 18.2 Å². The molecule has 1 heterocycles. The van der Waals surface area contributed by atoms with Crippen molar-refractivity contribution in [1.82, 2.24) is 4.57 Å². The minimum absolute atomic E-state index is 0.0274. The highest BCUT2D eigenvalue weighted by atomic mass is 32.2. The lowest BCUT2D eigenvalue weighted by Gasteiger charge is -2.23. The number of nitrogens with zero attached hydrogens (tertiary/aromatic N) is 2. The number of rotatable bonds is 10. The molecule has 0 atom stereocenters. The highest BCUT2D eigenvalue weighted by Crippen LogP contribution is 2.30. The van der Waals surface area contributed by atoms with E-state index >= 15 is 0 Å². The number of carbonyl (C=O) groups excluding carboxylic acids is 1. The van der Waals surface area contributed by atoms with E-state index in [4.69, 9.17) is 11.1 Å². The van der Waals surface area contributed by atoms with E-state index in [9.17, 15) is 23.1 Å². The molecule has 3 aromatic carbocycles. The zero-order valence-corrected chi connectivity index (χ0v) is 20.9. The van der Waals surface area contributed by atoms with Gasteiger partial charge in [0.05, 0.1) is 10.6 Å². The number of ketones is 1. The topological polar surface area (TPSA) is 147 Å². The van der Waals surface area contributed by atoms with Gasteiger partial charge in [0.1, 0.15) is 12.4 Å². The maximum absolute atomic E-state index is 13.3. The van der Waals surface area contributed by atoms with Crippen molar-refractivity contribution >= 4 is 44.2 Å². The molecule has 1 aromatic heterocycles. The van der Waals surface area contributed by atoms with Gasteiger partial charge in [-0.3, -0.25) is 19.3 Å². The molecule has 0 unspecified atom stereocenters. The number of sulfonamides is 1. The first kappa shape index (κ1) is 25.6. The molecule has 0 saturated carbocycles. The average molecular weight is 519 g/mol. The second kappa shape index (κ2) is 10.3. The number of carboxylic acid groups (broad SMARTS) is 1.